The number of hydrogen-bond acceptors (Lipinski definition) is 4. The Labute approximate surface area is 164 Å². The Morgan fingerprint density at radius 1 is 1.15 bits per heavy atom. The van der Waals surface area contributed by atoms with Crippen LogP contribution in [0.4, 0.5) is 9.52 Å². The van der Waals surface area contributed by atoms with Crippen molar-refractivity contribution in [2.45, 2.75) is 6.42 Å². The van der Waals surface area contributed by atoms with Gasteiger partial charge in [-0.1, -0.05) is 23.7 Å². The van der Waals surface area contributed by atoms with Crippen molar-refractivity contribution < 1.29 is 14.0 Å². The first-order valence-corrected chi connectivity index (χ1v) is 9.22. The predicted molar refractivity (Wildman–Crippen MR) is 104 cm³/mol. The number of nitrogens with zero attached hydrogens (tertiary/aromatic N) is 1. The van der Waals surface area contributed by atoms with Crippen molar-refractivity contribution in [1.29, 1.82) is 0 Å². The normalized spacial score (nSPS) is 10.4. The van der Waals surface area contributed by atoms with E-state index in [1.54, 1.807) is 6.20 Å². The molecule has 0 saturated heterocycles. The number of rotatable bonds is 6. The van der Waals surface area contributed by atoms with Gasteiger partial charge in [0.05, 0.1) is 6.54 Å². The maximum absolute atomic E-state index is 12.9. The highest BCUT2D eigenvalue weighted by molar-refractivity contribution is 7.15. The van der Waals surface area contributed by atoms with Crippen molar-refractivity contribution in [3.8, 4) is 0 Å². The summed E-state index contributed by atoms with van der Waals surface area (Å²) in [4.78, 5) is 29.0. The first-order valence-electron chi connectivity index (χ1n) is 8.02. The lowest BCUT2D eigenvalue weighted by atomic mass is 10.1. The van der Waals surface area contributed by atoms with Gasteiger partial charge in [0.15, 0.2) is 5.13 Å². The fourth-order valence-corrected chi connectivity index (χ4v) is 3.40. The molecule has 3 rings (SSSR count). The summed E-state index contributed by atoms with van der Waals surface area (Å²) in [7, 11) is 0. The standard InChI is InChI=1S/C19H15ClFN3O2S/c20-14-3-1-2-12(8-14)9-16-10-23-19(27-16)24-17(25)11-22-18(26)13-4-6-15(21)7-5-13/h1-8,10H,9,11H2,(H,22,26)(H,23,24,25). The van der Waals surface area contributed by atoms with Crippen LogP contribution in [0, 0.1) is 5.82 Å². The molecule has 0 aliphatic carbocycles. The third-order valence-corrected chi connectivity index (χ3v) is 4.73. The van der Waals surface area contributed by atoms with E-state index in [-0.39, 0.29) is 12.1 Å². The van der Waals surface area contributed by atoms with Crippen LogP contribution in [0.15, 0.2) is 54.7 Å². The van der Waals surface area contributed by atoms with Crippen LogP contribution in [0.3, 0.4) is 0 Å². The molecule has 0 saturated carbocycles. The third kappa shape index (κ3) is 5.60. The molecule has 2 N–H and O–H groups in total. The van der Waals surface area contributed by atoms with E-state index in [1.807, 2.05) is 24.3 Å². The van der Waals surface area contributed by atoms with Crippen molar-refractivity contribution >= 4 is 39.9 Å². The van der Waals surface area contributed by atoms with Crippen LogP contribution in [-0.4, -0.2) is 23.3 Å². The van der Waals surface area contributed by atoms with E-state index in [1.165, 1.54) is 35.6 Å². The number of hydrogen-bond donors (Lipinski definition) is 2. The molecular weight excluding hydrogens is 389 g/mol. The van der Waals surface area contributed by atoms with Crippen LogP contribution in [0.5, 0.6) is 0 Å². The summed E-state index contributed by atoms with van der Waals surface area (Å²) >= 11 is 7.33. The van der Waals surface area contributed by atoms with Gasteiger partial charge in [-0.25, -0.2) is 9.37 Å². The lowest BCUT2D eigenvalue weighted by Gasteiger charge is -2.05. The minimum Gasteiger partial charge on any atom is -0.343 e. The first-order chi connectivity index (χ1) is 13.0. The molecule has 27 heavy (non-hydrogen) atoms. The predicted octanol–water partition coefficient (Wildman–Crippen LogP) is 3.89. The van der Waals surface area contributed by atoms with Crippen molar-refractivity contribution in [2.24, 2.45) is 0 Å². The van der Waals surface area contributed by atoms with Gasteiger partial charge < -0.3 is 10.6 Å². The summed E-state index contributed by atoms with van der Waals surface area (Å²) in [5.41, 5.74) is 1.33. The molecular formula is C19H15ClFN3O2S. The molecule has 0 aliphatic heterocycles. The minimum atomic E-state index is -0.453. The molecule has 1 heterocycles. The number of halogens is 2. The SMILES string of the molecule is O=C(CNC(=O)c1ccc(F)cc1)Nc1ncc(Cc2cccc(Cl)c2)s1. The summed E-state index contributed by atoms with van der Waals surface area (Å²) in [6.07, 6.45) is 2.35. The van der Waals surface area contributed by atoms with Gasteiger partial charge in [-0.15, -0.1) is 11.3 Å². The Kier molecular flexibility index (Phi) is 6.16. The largest absolute Gasteiger partial charge is 0.343 e. The second kappa shape index (κ2) is 8.75. The number of benzene rings is 2. The van der Waals surface area contributed by atoms with Gasteiger partial charge in [0.25, 0.3) is 5.91 Å². The Morgan fingerprint density at radius 2 is 1.93 bits per heavy atom. The summed E-state index contributed by atoms with van der Waals surface area (Å²) < 4.78 is 12.9. The average Bonchev–Trinajstić information content (AvgIpc) is 3.07. The summed E-state index contributed by atoms with van der Waals surface area (Å²) in [5.74, 6) is -1.28. The molecule has 2 aromatic carbocycles. The molecule has 8 heteroatoms. The number of amides is 2. The lowest BCUT2D eigenvalue weighted by Crippen LogP contribution is -2.32. The fourth-order valence-electron chi connectivity index (χ4n) is 2.32. The van der Waals surface area contributed by atoms with Gasteiger partial charge in [-0.05, 0) is 42.0 Å². The van der Waals surface area contributed by atoms with E-state index in [0.29, 0.717) is 16.6 Å². The number of thiazole rings is 1. The number of anilines is 1. The molecule has 0 atom stereocenters. The van der Waals surface area contributed by atoms with E-state index >= 15 is 0 Å². The quantitative estimate of drug-likeness (QED) is 0.655. The van der Waals surface area contributed by atoms with Gasteiger partial charge in [0.1, 0.15) is 5.82 Å². The zero-order chi connectivity index (χ0) is 19.2. The van der Waals surface area contributed by atoms with E-state index in [2.05, 4.69) is 15.6 Å². The zero-order valence-electron chi connectivity index (χ0n) is 14.0. The topological polar surface area (TPSA) is 71.1 Å². The first kappa shape index (κ1) is 19.0. The monoisotopic (exact) mass is 403 g/mol. The fraction of sp³-hybridized carbons (Fsp3) is 0.105. The van der Waals surface area contributed by atoms with Crippen LogP contribution in [0.2, 0.25) is 5.02 Å². The van der Waals surface area contributed by atoms with Gasteiger partial charge in [-0.2, -0.15) is 0 Å². The zero-order valence-corrected chi connectivity index (χ0v) is 15.6. The summed E-state index contributed by atoms with van der Waals surface area (Å²) in [6.45, 7) is -0.209. The summed E-state index contributed by atoms with van der Waals surface area (Å²) in [6, 6.07) is 12.6. The Bertz CT molecular complexity index is 960. The molecule has 0 aliphatic rings. The van der Waals surface area contributed by atoms with Crippen LogP contribution in [0.25, 0.3) is 0 Å². The minimum absolute atomic E-state index is 0.209. The van der Waals surface area contributed by atoms with Crippen molar-refractivity contribution in [2.75, 3.05) is 11.9 Å². The van der Waals surface area contributed by atoms with Crippen molar-refractivity contribution in [3.05, 3.63) is 81.6 Å². The second-order valence-electron chi connectivity index (χ2n) is 5.68. The van der Waals surface area contributed by atoms with E-state index in [0.717, 1.165) is 10.4 Å². The van der Waals surface area contributed by atoms with E-state index in [9.17, 15) is 14.0 Å². The second-order valence-corrected chi connectivity index (χ2v) is 7.23. The Morgan fingerprint density at radius 3 is 2.67 bits per heavy atom. The van der Waals surface area contributed by atoms with Crippen molar-refractivity contribution in [3.63, 3.8) is 0 Å². The third-order valence-electron chi connectivity index (χ3n) is 3.58. The van der Waals surface area contributed by atoms with Crippen molar-refractivity contribution in [1.82, 2.24) is 10.3 Å². The molecule has 1 aromatic heterocycles. The molecule has 0 radical (unpaired) electrons. The van der Waals surface area contributed by atoms with Gasteiger partial charge in [0.2, 0.25) is 5.91 Å². The number of carbonyl (C=O) groups is 2. The average molecular weight is 404 g/mol. The smallest absolute Gasteiger partial charge is 0.251 e. The lowest BCUT2D eigenvalue weighted by molar-refractivity contribution is -0.115. The van der Waals surface area contributed by atoms with Crippen LogP contribution in [-0.2, 0) is 11.2 Å². The molecule has 0 unspecified atom stereocenters. The molecule has 0 spiro atoms. The van der Waals surface area contributed by atoms with E-state index < -0.39 is 17.6 Å². The molecule has 138 valence electrons. The number of carbonyl (C=O) groups excluding carboxylic acids is 2. The number of nitrogens with one attached hydrogen (secondary N) is 2. The highest BCUT2D eigenvalue weighted by atomic mass is 35.5. The summed E-state index contributed by atoms with van der Waals surface area (Å²) in [5, 5.41) is 6.24. The molecule has 0 fully saturated rings. The van der Waals surface area contributed by atoms with Crippen LogP contribution >= 0.6 is 22.9 Å². The maximum Gasteiger partial charge on any atom is 0.251 e. The highest BCUT2D eigenvalue weighted by Crippen LogP contribution is 2.22. The molecule has 5 nitrogen and oxygen atoms in total. The maximum atomic E-state index is 12.9. The highest BCUT2D eigenvalue weighted by Gasteiger charge is 2.10. The Balaban J connectivity index is 1.50. The Hall–Kier alpha value is -2.77. The molecule has 2 amide bonds. The van der Waals surface area contributed by atoms with E-state index in [4.69, 9.17) is 11.6 Å². The van der Waals surface area contributed by atoms with Crippen LogP contribution in [0.1, 0.15) is 20.8 Å². The number of aromatic nitrogens is 1. The molecule has 3 aromatic rings. The van der Waals surface area contributed by atoms with Gasteiger partial charge >= 0.3 is 0 Å². The van der Waals surface area contributed by atoms with Crippen LogP contribution < -0.4 is 10.6 Å². The van der Waals surface area contributed by atoms with Gasteiger partial charge in [0, 0.05) is 28.1 Å². The molecule has 0 bridgehead atoms. The van der Waals surface area contributed by atoms with Gasteiger partial charge in [-0.3, -0.25) is 9.59 Å².